The number of rotatable bonds is 2. The van der Waals surface area contributed by atoms with Crippen molar-refractivity contribution in [2.45, 2.75) is 0 Å². The Bertz CT molecular complexity index is 484. The predicted octanol–water partition coefficient (Wildman–Crippen LogP) is 1.93. The van der Waals surface area contributed by atoms with Crippen molar-refractivity contribution in [3.8, 4) is 17.2 Å². The fraction of sp³-hybridized carbons (Fsp3) is 0.111. The van der Waals surface area contributed by atoms with Crippen LogP contribution in [0, 0.1) is 3.57 Å². The molecule has 15 heavy (non-hydrogen) atoms. The second-order valence-electron chi connectivity index (χ2n) is 2.77. The van der Waals surface area contributed by atoms with Crippen LogP contribution < -0.4 is 10.5 Å². The summed E-state index contributed by atoms with van der Waals surface area (Å²) in [6.45, 7) is 0. The summed E-state index contributed by atoms with van der Waals surface area (Å²) in [5.74, 6) is 1.45. The second-order valence-corrected chi connectivity index (χ2v) is 3.85. The number of nitrogens with zero attached hydrogens (tertiary/aromatic N) is 2. The van der Waals surface area contributed by atoms with Crippen molar-refractivity contribution >= 4 is 28.4 Å². The largest absolute Gasteiger partial charge is 0.480 e. The maximum Gasteiger partial charge on any atom is 0.224 e. The Kier molecular flexibility index (Phi) is 2.76. The van der Waals surface area contributed by atoms with Gasteiger partial charge in [-0.15, -0.1) is 0 Å². The Labute approximate surface area is 99.8 Å². The fourth-order valence-corrected chi connectivity index (χ4v) is 1.67. The maximum absolute atomic E-state index is 5.60. The predicted molar refractivity (Wildman–Crippen MR) is 63.4 cm³/mol. The Balaban J connectivity index is 2.58. The number of nitrogen functional groups attached to an aromatic ring is 1. The number of ether oxygens (including phenoxy) is 1. The Morgan fingerprint density at radius 2 is 2.33 bits per heavy atom. The summed E-state index contributed by atoms with van der Waals surface area (Å²) >= 11 is 2.07. The summed E-state index contributed by atoms with van der Waals surface area (Å²) in [6.07, 6.45) is 1.65. The second kappa shape index (κ2) is 4.05. The molecule has 0 spiro atoms. The van der Waals surface area contributed by atoms with E-state index in [2.05, 4.69) is 32.7 Å². The molecule has 0 saturated carbocycles. The lowest BCUT2D eigenvalue weighted by Crippen LogP contribution is -1.91. The molecule has 6 heteroatoms. The van der Waals surface area contributed by atoms with E-state index in [4.69, 9.17) is 15.0 Å². The van der Waals surface area contributed by atoms with Gasteiger partial charge in [-0.3, -0.25) is 0 Å². The van der Waals surface area contributed by atoms with Gasteiger partial charge in [0.25, 0.3) is 0 Å². The zero-order valence-corrected chi connectivity index (χ0v) is 10.1. The SMILES string of the molecule is COc1ncccc1-c1onc(N)c1I. The van der Waals surface area contributed by atoms with E-state index in [1.807, 2.05) is 6.07 Å². The molecule has 0 bridgehead atoms. The van der Waals surface area contributed by atoms with Crippen LogP contribution in [0.1, 0.15) is 0 Å². The van der Waals surface area contributed by atoms with Crippen molar-refractivity contribution in [2.24, 2.45) is 0 Å². The van der Waals surface area contributed by atoms with Gasteiger partial charge in [0.05, 0.1) is 12.7 Å². The summed E-state index contributed by atoms with van der Waals surface area (Å²) in [4.78, 5) is 4.07. The van der Waals surface area contributed by atoms with Crippen LogP contribution in [0.2, 0.25) is 0 Å². The molecule has 0 atom stereocenters. The molecule has 0 aliphatic rings. The molecule has 2 aromatic heterocycles. The van der Waals surface area contributed by atoms with E-state index in [1.165, 1.54) is 0 Å². The van der Waals surface area contributed by atoms with Crippen LogP contribution in [-0.4, -0.2) is 17.3 Å². The minimum absolute atomic E-state index is 0.372. The number of hydrogen-bond acceptors (Lipinski definition) is 5. The number of methoxy groups -OCH3 is 1. The van der Waals surface area contributed by atoms with E-state index < -0.39 is 0 Å². The van der Waals surface area contributed by atoms with Crippen LogP contribution in [0.15, 0.2) is 22.9 Å². The van der Waals surface area contributed by atoms with E-state index in [-0.39, 0.29) is 0 Å². The van der Waals surface area contributed by atoms with Crippen LogP contribution in [0.4, 0.5) is 5.82 Å². The zero-order chi connectivity index (χ0) is 10.8. The van der Waals surface area contributed by atoms with Gasteiger partial charge in [0, 0.05) is 6.20 Å². The average molecular weight is 317 g/mol. The summed E-state index contributed by atoms with van der Waals surface area (Å²) in [6, 6.07) is 3.64. The van der Waals surface area contributed by atoms with Crippen molar-refractivity contribution in [3.63, 3.8) is 0 Å². The molecular formula is C9H8IN3O2. The Morgan fingerprint density at radius 1 is 1.53 bits per heavy atom. The highest BCUT2D eigenvalue weighted by atomic mass is 127. The first-order chi connectivity index (χ1) is 7.24. The maximum atomic E-state index is 5.60. The van der Waals surface area contributed by atoms with Gasteiger partial charge in [-0.1, -0.05) is 5.16 Å². The molecule has 2 heterocycles. The standard InChI is InChI=1S/C9H8IN3O2/c1-14-9-5(3-2-4-12-9)7-6(10)8(11)13-15-7/h2-4H,1H3,(H2,11,13). The number of nitrogens with two attached hydrogens (primary N) is 1. The minimum Gasteiger partial charge on any atom is -0.480 e. The Hall–Kier alpha value is -1.31. The summed E-state index contributed by atoms with van der Waals surface area (Å²) in [5, 5.41) is 3.68. The molecule has 5 nitrogen and oxygen atoms in total. The molecule has 78 valence electrons. The lowest BCUT2D eigenvalue weighted by atomic mass is 10.2. The third-order valence-corrected chi connectivity index (χ3v) is 2.91. The van der Waals surface area contributed by atoms with E-state index >= 15 is 0 Å². The molecule has 0 saturated heterocycles. The van der Waals surface area contributed by atoms with Gasteiger partial charge in [-0.25, -0.2) is 4.98 Å². The van der Waals surface area contributed by atoms with Crippen molar-refractivity contribution in [1.82, 2.24) is 10.1 Å². The molecule has 0 radical (unpaired) electrons. The van der Waals surface area contributed by atoms with E-state index in [9.17, 15) is 0 Å². The number of anilines is 1. The minimum atomic E-state index is 0.372. The van der Waals surface area contributed by atoms with E-state index in [1.54, 1.807) is 19.4 Å². The number of aromatic nitrogens is 2. The van der Waals surface area contributed by atoms with Gasteiger partial charge in [0.1, 0.15) is 3.57 Å². The van der Waals surface area contributed by atoms with Crippen molar-refractivity contribution in [2.75, 3.05) is 12.8 Å². The van der Waals surface area contributed by atoms with Crippen LogP contribution in [-0.2, 0) is 0 Å². The average Bonchev–Trinajstić information content (AvgIpc) is 2.60. The van der Waals surface area contributed by atoms with E-state index in [0.29, 0.717) is 17.5 Å². The van der Waals surface area contributed by atoms with Crippen LogP contribution in [0.5, 0.6) is 5.88 Å². The fourth-order valence-electron chi connectivity index (χ4n) is 1.18. The van der Waals surface area contributed by atoms with Crippen molar-refractivity contribution in [3.05, 3.63) is 21.9 Å². The third kappa shape index (κ3) is 1.76. The van der Waals surface area contributed by atoms with Gasteiger partial charge in [0.15, 0.2) is 11.6 Å². The summed E-state index contributed by atoms with van der Waals surface area (Å²) in [5.41, 5.74) is 6.34. The molecule has 0 aliphatic carbocycles. The van der Waals surface area contributed by atoms with Crippen LogP contribution >= 0.6 is 22.6 Å². The number of hydrogen-bond donors (Lipinski definition) is 1. The topological polar surface area (TPSA) is 74.2 Å². The third-order valence-electron chi connectivity index (χ3n) is 1.87. The summed E-state index contributed by atoms with van der Waals surface area (Å²) < 4.78 is 11.0. The molecule has 0 amide bonds. The monoisotopic (exact) mass is 317 g/mol. The highest BCUT2D eigenvalue weighted by Crippen LogP contribution is 2.33. The number of halogens is 1. The van der Waals surface area contributed by atoms with Crippen LogP contribution in [0.25, 0.3) is 11.3 Å². The summed E-state index contributed by atoms with van der Waals surface area (Å²) in [7, 11) is 1.55. The van der Waals surface area contributed by atoms with E-state index in [0.717, 1.165) is 9.13 Å². The van der Waals surface area contributed by atoms with Gasteiger partial charge in [-0.05, 0) is 34.7 Å². The highest BCUT2D eigenvalue weighted by Gasteiger charge is 2.17. The first-order valence-corrected chi connectivity index (χ1v) is 5.22. The van der Waals surface area contributed by atoms with Crippen molar-refractivity contribution < 1.29 is 9.26 Å². The zero-order valence-electron chi connectivity index (χ0n) is 7.90. The Morgan fingerprint density at radius 3 is 2.93 bits per heavy atom. The number of pyridine rings is 1. The smallest absolute Gasteiger partial charge is 0.224 e. The molecule has 0 fully saturated rings. The van der Waals surface area contributed by atoms with Crippen molar-refractivity contribution in [1.29, 1.82) is 0 Å². The molecule has 0 aliphatic heterocycles. The van der Waals surface area contributed by atoms with Gasteiger partial charge >= 0.3 is 0 Å². The molecule has 0 aromatic carbocycles. The quantitative estimate of drug-likeness (QED) is 0.857. The first kappa shape index (κ1) is 10.2. The van der Waals surface area contributed by atoms with Gasteiger partial charge in [-0.2, -0.15) is 0 Å². The molecule has 2 rings (SSSR count). The van der Waals surface area contributed by atoms with Crippen LogP contribution in [0.3, 0.4) is 0 Å². The first-order valence-electron chi connectivity index (χ1n) is 4.14. The lowest BCUT2D eigenvalue weighted by Gasteiger charge is -2.03. The molecular weight excluding hydrogens is 309 g/mol. The molecule has 2 N–H and O–H groups in total. The highest BCUT2D eigenvalue weighted by molar-refractivity contribution is 14.1. The van der Waals surface area contributed by atoms with Gasteiger partial charge in [0.2, 0.25) is 5.88 Å². The molecule has 2 aromatic rings. The molecule has 0 unspecified atom stereocenters. The normalized spacial score (nSPS) is 10.3. The van der Waals surface area contributed by atoms with Gasteiger partial charge < -0.3 is 15.0 Å². The lowest BCUT2D eigenvalue weighted by molar-refractivity contribution is 0.392.